The molecular formula is C81H118O9. The summed E-state index contributed by atoms with van der Waals surface area (Å²) in [5.74, 6) is 5.25. The number of aromatic hydroxyl groups is 5. The summed E-state index contributed by atoms with van der Waals surface area (Å²) >= 11 is 0. The number of methoxy groups -OCH3 is 2. The molecule has 3 unspecified atom stereocenters. The maximum atomic E-state index is 10.8. The number of benzene rings is 4. The SMILES string of the molecule is C=C(C)C1CCC(C)=C[C@H]1c1c(C)cc(O)cc1O.C=C(C)C1CCC(C)=C[C@H]1c1c(O)cc(O)cc1CCCCC.C=C(C)[C@@H]1CCC(C)=CC1c1c(OC)cc(C)cc1OC.CCCCCCC(C)(C)c1ccc([C@@H]2C[C@H](O)CC[C@H]2CCCO)c(O)c1. The number of unbranched alkanes of at least 4 members (excludes halogenated alkanes) is 5. The number of phenolic OH excluding ortho intramolecular Hbond substituents is 5. The number of rotatable bonds is 22. The van der Waals surface area contributed by atoms with Crippen molar-refractivity contribution in [2.45, 2.75) is 247 Å². The van der Waals surface area contributed by atoms with Crippen LogP contribution in [0.4, 0.5) is 0 Å². The summed E-state index contributed by atoms with van der Waals surface area (Å²) in [6.07, 6.45) is 28.0. The number of aliphatic hydroxyl groups is 2. The van der Waals surface area contributed by atoms with Crippen LogP contribution in [0.1, 0.15) is 259 Å². The average molecular weight is 1240 g/mol. The fourth-order valence-electron chi connectivity index (χ4n) is 14.9. The van der Waals surface area contributed by atoms with Gasteiger partial charge in [-0.15, -0.1) is 0 Å². The second-order valence-corrected chi connectivity index (χ2v) is 28.0. The Labute approximate surface area is 544 Å². The molecule has 4 aliphatic carbocycles. The molecule has 0 aliphatic heterocycles. The van der Waals surface area contributed by atoms with E-state index in [2.05, 4.69) is 138 Å². The molecule has 0 spiro atoms. The highest BCUT2D eigenvalue weighted by molar-refractivity contribution is 5.54. The molecule has 0 heterocycles. The van der Waals surface area contributed by atoms with Crippen LogP contribution in [-0.4, -0.2) is 62.7 Å². The van der Waals surface area contributed by atoms with E-state index in [9.17, 15) is 35.7 Å². The van der Waals surface area contributed by atoms with Crippen LogP contribution in [0, 0.1) is 37.5 Å². The molecule has 1 fully saturated rings. The zero-order valence-electron chi connectivity index (χ0n) is 58.0. The van der Waals surface area contributed by atoms with Crippen LogP contribution >= 0.6 is 0 Å². The van der Waals surface area contributed by atoms with Gasteiger partial charge in [0.1, 0.15) is 40.2 Å². The fourth-order valence-corrected chi connectivity index (χ4v) is 14.9. The molecule has 1 saturated carbocycles. The lowest BCUT2D eigenvalue weighted by Crippen LogP contribution is -2.27. The van der Waals surface area contributed by atoms with Crippen LogP contribution in [0.2, 0.25) is 0 Å². The molecule has 0 saturated heterocycles. The molecule has 4 aliphatic rings. The van der Waals surface area contributed by atoms with Gasteiger partial charge in [-0.1, -0.05) is 150 Å². The van der Waals surface area contributed by atoms with Gasteiger partial charge in [-0.25, -0.2) is 0 Å². The normalized spacial score (nSPS) is 22.4. The van der Waals surface area contributed by atoms with Crippen molar-refractivity contribution in [1.29, 1.82) is 0 Å². The Balaban J connectivity index is 0.000000220. The molecule has 8 rings (SSSR count). The van der Waals surface area contributed by atoms with Crippen LogP contribution in [0.3, 0.4) is 0 Å². The van der Waals surface area contributed by atoms with Gasteiger partial charge >= 0.3 is 0 Å². The molecule has 90 heavy (non-hydrogen) atoms. The summed E-state index contributed by atoms with van der Waals surface area (Å²) in [4.78, 5) is 0. The first-order valence-corrected chi connectivity index (χ1v) is 34.1. The van der Waals surface area contributed by atoms with E-state index < -0.39 is 0 Å². The number of ether oxygens (including phenoxy) is 2. The zero-order valence-corrected chi connectivity index (χ0v) is 58.0. The van der Waals surface area contributed by atoms with Crippen LogP contribution < -0.4 is 9.47 Å². The topological polar surface area (TPSA) is 160 Å². The van der Waals surface area contributed by atoms with E-state index in [4.69, 9.17) is 9.47 Å². The van der Waals surface area contributed by atoms with Gasteiger partial charge in [-0.2, -0.15) is 0 Å². The Morgan fingerprint density at radius 2 is 1.04 bits per heavy atom. The van der Waals surface area contributed by atoms with Gasteiger partial charge in [0.25, 0.3) is 0 Å². The molecule has 496 valence electrons. The summed E-state index contributed by atoms with van der Waals surface area (Å²) in [6, 6.07) is 16.9. The predicted molar refractivity (Wildman–Crippen MR) is 376 cm³/mol. The molecule has 9 atom stereocenters. The van der Waals surface area contributed by atoms with E-state index in [0.29, 0.717) is 35.8 Å². The van der Waals surface area contributed by atoms with Crippen molar-refractivity contribution in [3.63, 3.8) is 0 Å². The molecule has 9 heteroatoms. The van der Waals surface area contributed by atoms with Crippen LogP contribution in [-0.2, 0) is 11.8 Å². The highest BCUT2D eigenvalue weighted by Gasteiger charge is 2.35. The average Bonchev–Trinajstić information content (AvgIpc) is 0.845. The monoisotopic (exact) mass is 1230 g/mol. The maximum Gasteiger partial charge on any atom is 0.126 e. The summed E-state index contributed by atoms with van der Waals surface area (Å²) in [6.45, 7) is 38.4. The summed E-state index contributed by atoms with van der Waals surface area (Å²) in [5.41, 5.74) is 16.2. The maximum absolute atomic E-state index is 10.8. The molecule has 9 nitrogen and oxygen atoms in total. The van der Waals surface area contributed by atoms with E-state index in [1.807, 2.05) is 19.1 Å². The van der Waals surface area contributed by atoms with Gasteiger partial charge < -0.3 is 45.2 Å². The van der Waals surface area contributed by atoms with Crippen LogP contribution in [0.5, 0.6) is 40.2 Å². The molecule has 0 bridgehead atoms. The Bertz CT molecular complexity index is 3050. The second kappa shape index (κ2) is 35.6. The molecule has 4 aromatic carbocycles. The number of hydrogen-bond acceptors (Lipinski definition) is 9. The lowest BCUT2D eigenvalue weighted by molar-refractivity contribution is 0.0879. The third kappa shape index (κ3) is 20.7. The van der Waals surface area contributed by atoms with Crippen molar-refractivity contribution >= 4 is 0 Å². The summed E-state index contributed by atoms with van der Waals surface area (Å²) in [7, 11) is 3.46. The molecule has 4 aromatic rings. The third-order valence-electron chi connectivity index (χ3n) is 20.0. The minimum absolute atomic E-state index is 0.0616. The van der Waals surface area contributed by atoms with E-state index in [1.54, 1.807) is 20.3 Å². The standard InChI is InChI=1S/C24H40O3.C21H30O2.C19H26O2.C17H22O2/c1-4-5-6-7-14-24(2,3)19-11-13-21(23(27)16-19)22-17-20(26)12-10-18(22)9-8-15-25;1-5-6-7-8-16-12-17(22)13-20(23)21(16)19-11-15(4)9-10-18(19)14(2)3;1-12(2)15-8-7-13(3)9-16(15)19-17(20-5)10-14(4)11-18(19)21-6;1-10(2)14-6-5-11(3)7-15(14)17-12(4)8-13(18)9-16(17)19/h11,13,16,18,20,22,25-27H,4-10,12,14-15,17H2,1-3H3;11-13,18-19,22-23H,2,5-10H2,1,3-4H3;9-11,15-16H,1,7-8H2,2-6H3;7-9,14-15,18-19H,1,5-6H2,2-4H3/t18-,20-,22-;18?,19-;15-,16?;14?,15-/m1101/s1. The summed E-state index contributed by atoms with van der Waals surface area (Å²) in [5, 5.41) is 70.4. The van der Waals surface area contributed by atoms with E-state index >= 15 is 0 Å². The number of aliphatic hydroxyl groups excluding tert-OH is 2. The van der Waals surface area contributed by atoms with Crippen molar-refractivity contribution in [1.82, 2.24) is 0 Å². The van der Waals surface area contributed by atoms with Gasteiger partial charge in [0.2, 0.25) is 0 Å². The largest absolute Gasteiger partial charge is 0.508 e. The number of allylic oxidation sites excluding steroid dienone is 9. The smallest absolute Gasteiger partial charge is 0.126 e. The highest BCUT2D eigenvalue weighted by Crippen LogP contribution is 2.50. The Hall–Kier alpha value is -6.16. The first kappa shape index (κ1) is 74.6. The van der Waals surface area contributed by atoms with Gasteiger partial charge in [0.05, 0.1) is 20.3 Å². The first-order valence-electron chi connectivity index (χ1n) is 34.1. The van der Waals surface area contributed by atoms with E-state index in [0.717, 1.165) is 146 Å². The Morgan fingerprint density at radius 1 is 0.556 bits per heavy atom. The van der Waals surface area contributed by atoms with Gasteiger partial charge in [0.15, 0.2) is 0 Å². The molecule has 7 N–H and O–H groups in total. The third-order valence-corrected chi connectivity index (χ3v) is 20.0. The minimum Gasteiger partial charge on any atom is -0.508 e. The quantitative estimate of drug-likeness (QED) is 0.0300. The van der Waals surface area contributed by atoms with Gasteiger partial charge in [0, 0.05) is 53.2 Å². The Morgan fingerprint density at radius 3 is 1.52 bits per heavy atom. The summed E-state index contributed by atoms with van der Waals surface area (Å²) < 4.78 is 11.3. The lowest BCUT2D eigenvalue weighted by Gasteiger charge is -2.35. The van der Waals surface area contributed by atoms with Gasteiger partial charge in [-0.05, 0) is 238 Å². The molecular weight excluding hydrogens is 1120 g/mol. The predicted octanol–water partition coefficient (Wildman–Crippen LogP) is 21.0. The number of aryl methyl sites for hydroxylation is 3. The second-order valence-electron chi connectivity index (χ2n) is 28.0. The molecule has 0 radical (unpaired) electrons. The minimum atomic E-state index is -0.283. The van der Waals surface area contributed by atoms with Crippen molar-refractivity contribution in [2.75, 3.05) is 20.8 Å². The molecule has 0 amide bonds. The van der Waals surface area contributed by atoms with Crippen molar-refractivity contribution in [2.24, 2.45) is 23.7 Å². The zero-order chi connectivity index (χ0) is 66.6. The fraction of sp³-hybridized carbons (Fsp3) is 0.556. The highest BCUT2D eigenvalue weighted by atomic mass is 16.5. The number of phenols is 5. The van der Waals surface area contributed by atoms with Crippen LogP contribution in [0.15, 0.2) is 126 Å². The van der Waals surface area contributed by atoms with Crippen LogP contribution in [0.25, 0.3) is 0 Å². The van der Waals surface area contributed by atoms with Crippen molar-refractivity contribution in [3.8, 4) is 40.2 Å². The van der Waals surface area contributed by atoms with E-state index in [1.165, 1.54) is 77.7 Å². The van der Waals surface area contributed by atoms with Crippen molar-refractivity contribution < 1.29 is 45.2 Å². The van der Waals surface area contributed by atoms with E-state index in [-0.39, 0.29) is 64.8 Å². The number of hydrogen-bond donors (Lipinski definition) is 7. The Kier molecular flexibility index (Phi) is 29.5. The molecule has 0 aromatic heterocycles. The lowest BCUT2D eigenvalue weighted by atomic mass is 9.71. The first-order chi connectivity index (χ1) is 42.7. The van der Waals surface area contributed by atoms with Crippen molar-refractivity contribution in [3.05, 3.63) is 171 Å². The van der Waals surface area contributed by atoms with Gasteiger partial charge in [-0.3, -0.25) is 0 Å².